The van der Waals surface area contributed by atoms with Gasteiger partial charge < -0.3 is 19.5 Å². The normalized spacial score (nSPS) is 17.9. The van der Waals surface area contributed by atoms with E-state index in [0.29, 0.717) is 48.5 Å². The van der Waals surface area contributed by atoms with Crippen LogP contribution in [0.1, 0.15) is 43.1 Å². The van der Waals surface area contributed by atoms with Gasteiger partial charge in [0.1, 0.15) is 29.1 Å². The number of para-hydroxylation sites is 1. The highest BCUT2D eigenvalue weighted by molar-refractivity contribution is 7.93. The van der Waals surface area contributed by atoms with E-state index in [-0.39, 0.29) is 5.95 Å². The fraction of sp³-hybridized carbons (Fsp3) is 0.478. The maximum Gasteiger partial charge on any atom is 0.243 e. The van der Waals surface area contributed by atoms with Crippen molar-refractivity contribution >= 4 is 16.0 Å². The van der Waals surface area contributed by atoms with Crippen molar-refractivity contribution in [2.24, 2.45) is 0 Å². The quantitative estimate of drug-likeness (QED) is 0.432. The number of aromatic nitrogens is 5. The summed E-state index contributed by atoms with van der Waals surface area (Å²) in [6.45, 7) is 6.93. The molecule has 0 unspecified atom stereocenters. The first kappa shape index (κ1) is 25.8. The minimum Gasteiger partial charge on any atom is -0.494 e. The van der Waals surface area contributed by atoms with Gasteiger partial charge in [0, 0.05) is 31.4 Å². The van der Waals surface area contributed by atoms with Gasteiger partial charge in [-0.1, -0.05) is 13.0 Å². The van der Waals surface area contributed by atoms with Gasteiger partial charge in [-0.2, -0.15) is 0 Å². The van der Waals surface area contributed by atoms with Gasteiger partial charge in [0.2, 0.25) is 16.0 Å². The van der Waals surface area contributed by atoms with Crippen LogP contribution in [0.3, 0.4) is 0 Å². The molecule has 12 nitrogen and oxygen atoms in total. The van der Waals surface area contributed by atoms with Crippen molar-refractivity contribution < 1.29 is 22.6 Å². The number of aryl methyl sites for hydroxylation is 1. The largest absolute Gasteiger partial charge is 0.494 e. The van der Waals surface area contributed by atoms with E-state index in [1.165, 1.54) is 14.2 Å². The topological polar surface area (TPSA) is 142 Å². The minimum atomic E-state index is -3.95. The number of benzene rings is 1. The molecule has 4 rings (SSSR count). The lowest BCUT2D eigenvalue weighted by Crippen LogP contribution is -2.35. The summed E-state index contributed by atoms with van der Waals surface area (Å²) < 4.78 is 48.3. The van der Waals surface area contributed by atoms with Crippen LogP contribution in [0, 0.1) is 6.92 Å². The van der Waals surface area contributed by atoms with Crippen LogP contribution in [0.15, 0.2) is 30.6 Å². The van der Waals surface area contributed by atoms with Crippen LogP contribution in [-0.4, -0.2) is 72.3 Å². The lowest BCUT2D eigenvalue weighted by molar-refractivity contribution is 0.0210. The molecule has 36 heavy (non-hydrogen) atoms. The van der Waals surface area contributed by atoms with Gasteiger partial charge in [-0.25, -0.2) is 18.4 Å². The van der Waals surface area contributed by atoms with E-state index in [1.807, 2.05) is 6.92 Å². The van der Waals surface area contributed by atoms with E-state index >= 15 is 0 Å². The van der Waals surface area contributed by atoms with Gasteiger partial charge in [0.05, 0.1) is 26.1 Å². The van der Waals surface area contributed by atoms with Crippen molar-refractivity contribution in [1.82, 2.24) is 30.0 Å². The molecule has 13 heteroatoms. The molecule has 0 bridgehead atoms. The van der Waals surface area contributed by atoms with Crippen LogP contribution in [0.5, 0.6) is 11.5 Å². The van der Waals surface area contributed by atoms with Crippen molar-refractivity contribution in [3.63, 3.8) is 0 Å². The van der Waals surface area contributed by atoms with Crippen LogP contribution >= 0.6 is 0 Å². The molecule has 0 spiro atoms. The molecule has 1 aliphatic rings. The number of nitrogens with zero attached hydrogens (tertiary/aromatic N) is 5. The smallest absolute Gasteiger partial charge is 0.243 e. The molecule has 3 heterocycles. The Morgan fingerprint density at radius 3 is 2.39 bits per heavy atom. The summed E-state index contributed by atoms with van der Waals surface area (Å²) >= 11 is 0. The van der Waals surface area contributed by atoms with Crippen LogP contribution < -0.4 is 19.5 Å². The first-order chi connectivity index (χ1) is 17.3. The molecule has 194 valence electrons. The highest BCUT2D eigenvalue weighted by Gasteiger charge is 2.34. The van der Waals surface area contributed by atoms with Crippen LogP contribution in [0.25, 0.3) is 5.69 Å². The standard InChI is InChI=1S/C23H31N7O5S/c1-14-11-25-21(26-12-14)15(2)16(3)36(31,32)29-23-28-27-22(19-13-24-9-10-35-19)30(23)20-17(33-4)7-6-8-18(20)34-5/h6-8,11-12,15-16,19,24H,9-10,13H2,1-5H3,(H,28,29)/t15-,16-,19+/m0/s1. The Kier molecular flexibility index (Phi) is 7.71. The van der Waals surface area contributed by atoms with Crippen LogP contribution in [0.4, 0.5) is 5.95 Å². The molecule has 0 amide bonds. The molecule has 0 aliphatic carbocycles. The average molecular weight is 518 g/mol. The molecule has 0 radical (unpaired) electrons. The number of sulfonamides is 1. The van der Waals surface area contributed by atoms with Crippen molar-refractivity contribution in [1.29, 1.82) is 0 Å². The third kappa shape index (κ3) is 5.13. The van der Waals surface area contributed by atoms with E-state index in [1.54, 1.807) is 49.0 Å². The second-order valence-electron chi connectivity index (χ2n) is 8.55. The molecular weight excluding hydrogens is 486 g/mol. The van der Waals surface area contributed by atoms with E-state index in [2.05, 4.69) is 30.2 Å². The molecule has 2 N–H and O–H groups in total. The summed E-state index contributed by atoms with van der Waals surface area (Å²) in [5.41, 5.74) is 1.35. The molecular formula is C23H31N7O5S. The summed E-state index contributed by atoms with van der Waals surface area (Å²) in [5, 5.41) is 10.9. The number of hydrogen-bond acceptors (Lipinski definition) is 10. The minimum absolute atomic E-state index is 0.00847. The van der Waals surface area contributed by atoms with Crippen LogP contribution in [0.2, 0.25) is 0 Å². The zero-order valence-electron chi connectivity index (χ0n) is 20.9. The Morgan fingerprint density at radius 2 is 1.81 bits per heavy atom. The Hall–Kier alpha value is -3.29. The van der Waals surface area contributed by atoms with Crippen molar-refractivity contribution in [2.75, 3.05) is 38.6 Å². The monoisotopic (exact) mass is 517 g/mol. The molecule has 1 saturated heterocycles. The predicted molar refractivity (Wildman–Crippen MR) is 133 cm³/mol. The Bertz CT molecular complexity index is 1270. The van der Waals surface area contributed by atoms with Gasteiger partial charge in [-0.3, -0.25) is 9.29 Å². The van der Waals surface area contributed by atoms with Gasteiger partial charge in [0.25, 0.3) is 0 Å². The van der Waals surface area contributed by atoms with E-state index in [9.17, 15) is 8.42 Å². The number of morpholine rings is 1. The second kappa shape index (κ2) is 10.8. The number of ether oxygens (including phenoxy) is 3. The number of rotatable bonds is 9. The predicted octanol–water partition coefficient (Wildman–Crippen LogP) is 1.98. The average Bonchev–Trinajstić information content (AvgIpc) is 3.30. The maximum absolute atomic E-state index is 13.5. The lowest BCUT2D eigenvalue weighted by Gasteiger charge is -2.25. The fourth-order valence-electron chi connectivity index (χ4n) is 3.91. The Balaban J connectivity index is 1.77. The number of anilines is 1. The molecule has 1 aliphatic heterocycles. The first-order valence-corrected chi connectivity index (χ1v) is 13.1. The van der Waals surface area contributed by atoms with Crippen molar-refractivity contribution in [3.8, 4) is 17.2 Å². The molecule has 3 atom stereocenters. The van der Waals surface area contributed by atoms with E-state index < -0.39 is 27.3 Å². The third-order valence-electron chi connectivity index (χ3n) is 6.16. The number of hydrogen-bond donors (Lipinski definition) is 2. The third-order valence-corrected chi connectivity index (χ3v) is 8.02. The highest BCUT2D eigenvalue weighted by atomic mass is 32.2. The summed E-state index contributed by atoms with van der Waals surface area (Å²) in [6, 6.07) is 5.28. The maximum atomic E-state index is 13.5. The van der Waals surface area contributed by atoms with Gasteiger partial charge >= 0.3 is 0 Å². The SMILES string of the molecule is COc1cccc(OC)c1-n1c(NS(=O)(=O)[C@@H](C)[C@H](C)c2ncc(C)cn2)nnc1[C@H]1CNCCO1. The Labute approximate surface area is 210 Å². The fourth-order valence-corrected chi connectivity index (χ4v) is 5.14. The van der Waals surface area contributed by atoms with E-state index in [4.69, 9.17) is 14.2 Å². The van der Waals surface area contributed by atoms with Gasteiger partial charge in [-0.15, -0.1) is 10.2 Å². The number of nitrogens with one attached hydrogen (secondary N) is 2. The first-order valence-electron chi connectivity index (χ1n) is 11.6. The molecule has 1 fully saturated rings. The van der Waals surface area contributed by atoms with Crippen molar-refractivity contribution in [3.05, 3.63) is 47.8 Å². The zero-order chi connectivity index (χ0) is 25.9. The molecule has 3 aromatic rings. The van der Waals surface area contributed by atoms with Crippen LogP contribution in [-0.2, 0) is 14.8 Å². The van der Waals surface area contributed by atoms with Crippen molar-refractivity contribution in [2.45, 2.75) is 38.0 Å². The zero-order valence-corrected chi connectivity index (χ0v) is 21.7. The molecule has 1 aromatic carbocycles. The lowest BCUT2D eigenvalue weighted by atomic mass is 10.1. The molecule has 0 saturated carbocycles. The highest BCUT2D eigenvalue weighted by Crippen LogP contribution is 2.37. The summed E-state index contributed by atoms with van der Waals surface area (Å²) in [7, 11) is -0.901. The summed E-state index contributed by atoms with van der Waals surface area (Å²) in [5.74, 6) is 1.26. The molecule has 2 aromatic heterocycles. The number of methoxy groups -OCH3 is 2. The Morgan fingerprint density at radius 1 is 1.14 bits per heavy atom. The van der Waals surface area contributed by atoms with Gasteiger partial charge in [-0.05, 0) is 31.5 Å². The second-order valence-corrected chi connectivity index (χ2v) is 10.6. The van der Waals surface area contributed by atoms with E-state index in [0.717, 1.165) is 5.56 Å². The summed E-state index contributed by atoms with van der Waals surface area (Å²) in [6.07, 6.45) is 2.87. The summed E-state index contributed by atoms with van der Waals surface area (Å²) in [4.78, 5) is 8.61. The van der Waals surface area contributed by atoms with Gasteiger partial charge in [0.15, 0.2) is 5.82 Å².